The Balaban J connectivity index is -0.0000000521. The van der Waals surface area contributed by atoms with Crippen molar-refractivity contribution in [1.82, 2.24) is 0 Å². The molecule has 0 heterocycles. The molecular weight excluding hydrogens is 1160 g/mol. The van der Waals surface area contributed by atoms with E-state index in [1.165, 1.54) is 24.0 Å². The third kappa shape index (κ3) is 45.4. The van der Waals surface area contributed by atoms with E-state index in [0.29, 0.717) is 23.6 Å². The van der Waals surface area contributed by atoms with Crippen molar-refractivity contribution >= 4 is 17.6 Å². The first-order valence-corrected chi connectivity index (χ1v) is 29.8. The summed E-state index contributed by atoms with van der Waals surface area (Å²) in [7, 11) is 0. The molecule has 0 radical (unpaired) electrons. The van der Waals surface area contributed by atoms with E-state index in [1.54, 1.807) is 45.4 Å². The van der Waals surface area contributed by atoms with Crippen LogP contribution in [0.15, 0.2) is 48.5 Å². The van der Waals surface area contributed by atoms with Gasteiger partial charge in [-0.15, -0.1) is 11.6 Å². The quantitative estimate of drug-likeness (QED) is 0.0856. The van der Waals surface area contributed by atoms with Crippen molar-refractivity contribution in [2.75, 3.05) is 19.2 Å². The van der Waals surface area contributed by atoms with E-state index < -0.39 is 17.5 Å². The molecule has 0 N–H and O–H groups in total. The van der Waals surface area contributed by atoms with Gasteiger partial charge in [-0.05, 0) is 206 Å². The Labute approximate surface area is 585 Å². The van der Waals surface area contributed by atoms with Gasteiger partial charge < -0.3 is 4.74 Å². The van der Waals surface area contributed by atoms with E-state index >= 15 is 0 Å². The minimum absolute atomic E-state index is 0. The molecule has 6 rings (SSSR count). The van der Waals surface area contributed by atoms with Crippen LogP contribution < -0.4 is 0 Å². The maximum atomic E-state index is 11.8. The fourth-order valence-electron chi connectivity index (χ4n) is 9.51. The summed E-state index contributed by atoms with van der Waals surface area (Å²) in [6, 6.07) is 28.1. The molecule has 2 aromatic carbocycles. The molecular formula is C82H162ClFN6O2. The lowest BCUT2D eigenvalue weighted by molar-refractivity contribution is -0.153. The van der Waals surface area contributed by atoms with Crippen LogP contribution in [0.2, 0.25) is 0 Å². The Morgan fingerprint density at radius 2 is 0.935 bits per heavy atom. The van der Waals surface area contributed by atoms with Gasteiger partial charge in [0, 0.05) is 5.88 Å². The van der Waals surface area contributed by atoms with Gasteiger partial charge in [-0.25, -0.2) is 4.39 Å². The van der Waals surface area contributed by atoms with E-state index in [-0.39, 0.29) is 139 Å². The molecule has 0 aromatic heterocycles. The molecule has 8 nitrogen and oxygen atoms in total. The summed E-state index contributed by atoms with van der Waals surface area (Å²) < 4.78 is 16.7. The zero-order valence-corrected chi connectivity index (χ0v) is 53.2. The van der Waals surface area contributed by atoms with Gasteiger partial charge in [0.25, 0.3) is 0 Å². The van der Waals surface area contributed by atoms with Gasteiger partial charge in [0.05, 0.1) is 75.6 Å². The summed E-state index contributed by atoms with van der Waals surface area (Å²) in [5.74, 6) is 5.03. The standard InChI is InChI=1S/C18H32.C12H15N.C11H13N.C9H15NO2.C6H10ClN.C6H10FN.C6H11N.14CH4/c1-5-13(2)9-17(3,4)18-10-14-6-15(11-18)8-16(7-14)12-18;1-4-12(2,3)11-7-5-10(9-13)6-8-11;1-3-9(2)11-6-4-10(8-12)5-7-11;1-4-9(2,3)8(11)12-7-5-6-10;2*1-3-6(2,4-7)5-8;1-4-6(2,3)5-7;;;;;;;;;;;;;;/h13-16H,5-12H2,1-4H3;5-8H,4H2,1-3H3;4-7,9H,3H2,1-2H3;4-5,7H2,1-3H3;2*3-4H2,1-2H3;4H2,1-3H3;14*1H4. The summed E-state index contributed by atoms with van der Waals surface area (Å²) >= 11 is 5.49. The third-order valence-electron chi connectivity index (χ3n) is 17.7. The number of esters is 1. The zero-order valence-electron chi connectivity index (χ0n) is 52.5. The molecule has 10 heteroatoms. The first-order valence-electron chi connectivity index (χ1n) is 29.3. The van der Waals surface area contributed by atoms with E-state index in [2.05, 4.69) is 86.6 Å². The normalized spacial score (nSPS) is 16.9. The third-order valence-corrected chi connectivity index (χ3v) is 18.3. The van der Waals surface area contributed by atoms with Crippen LogP contribution in [0.25, 0.3) is 0 Å². The molecule has 0 spiro atoms. The molecule has 4 fully saturated rings. The molecule has 4 aliphatic rings. The summed E-state index contributed by atoms with van der Waals surface area (Å²) in [4.78, 5) is 11.2. The fourth-order valence-corrected chi connectivity index (χ4v) is 9.76. The number of carbonyl (C=O) groups is 1. The number of nitrogens with zero attached hydrogens (tertiary/aromatic N) is 6. The maximum Gasteiger partial charge on any atom is 0.311 e. The molecule has 2 aromatic rings. The van der Waals surface area contributed by atoms with Crippen molar-refractivity contribution in [2.45, 2.75) is 343 Å². The highest BCUT2D eigenvalue weighted by Gasteiger charge is 2.56. The number of hydrogen-bond donors (Lipinski definition) is 0. The van der Waals surface area contributed by atoms with Crippen LogP contribution in [0.5, 0.6) is 0 Å². The molecule has 0 aliphatic heterocycles. The van der Waals surface area contributed by atoms with Gasteiger partial charge in [0.15, 0.2) is 0 Å². The summed E-state index contributed by atoms with van der Waals surface area (Å²) in [6.07, 6.45) is 17.9. The lowest BCUT2D eigenvalue weighted by Crippen LogP contribution is -2.53. The molecule has 92 heavy (non-hydrogen) atoms. The second-order valence-electron chi connectivity index (χ2n) is 25.7. The molecule has 4 atom stereocenters. The highest BCUT2D eigenvalue weighted by molar-refractivity contribution is 6.18. The molecule has 546 valence electrons. The zero-order chi connectivity index (χ0) is 60.6. The van der Waals surface area contributed by atoms with Crippen molar-refractivity contribution < 1.29 is 13.9 Å². The number of benzene rings is 2. The first-order chi connectivity index (χ1) is 36.3. The molecule has 4 bridgehead atoms. The van der Waals surface area contributed by atoms with E-state index in [1.807, 2.05) is 123 Å². The number of halogens is 2. The van der Waals surface area contributed by atoms with Crippen molar-refractivity contribution in [2.24, 2.45) is 56.2 Å². The van der Waals surface area contributed by atoms with Crippen LogP contribution in [0, 0.1) is 124 Å². The van der Waals surface area contributed by atoms with Crippen molar-refractivity contribution in [3.8, 4) is 36.4 Å². The van der Waals surface area contributed by atoms with Crippen LogP contribution >= 0.6 is 11.6 Å². The molecule has 4 saturated carbocycles. The van der Waals surface area contributed by atoms with Gasteiger partial charge in [-0.2, -0.15) is 31.6 Å². The van der Waals surface area contributed by atoms with Gasteiger partial charge >= 0.3 is 5.97 Å². The largest absolute Gasteiger partial charge is 0.464 e. The minimum Gasteiger partial charge on any atom is -0.464 e. The number of ether oxygens (including phenoxy) is 1. The van der Waals surface area contributed by atoms with E-state index in [4.69, 9.17) is 47.9 Å². The fraction of sp³-hybridized carbons (Fsp3) is 0.768. The summed E-state index contributed by atoms with van der Waals surface area (Å²) in [5.41, 5.74) is 4.04. The Bertz CT molecular complexity index is 2210. The number of hydrogen-bond acceptors (Lipinski definition) is 8. The lowest BCUT2D eigenvalue weighted by Gasteiger charge is -2.63. The van der Waals surface area contributed by atoms with Crippen molar-refractivity contribution in [3.63, 3.8) is 0 Å². The van der Waals surface area contributed by atoms with Crippen molar-refractivity contribution in [1.29, 1.82) is 31.6 Å². The van der Waals surface area contributed by atoms with E-state index in [0.717, 1.165) is 72.3 Å². The molecule has 4 unspecified atom stereocenters. The highest BCUT2D eigenvalue weighted by atomic mass is 35.5. The Morgan fingerprint density at radius 3 is 1.16 bits per heavy atom. The number of rotatable bonds is 17. The second kappa shape index (κ2) is 62.2. The molecule has 0 amide bonds. The van der Waals surface area contributed by atoms with Gasteiger partial charge in [-0.1, -0.05) is 225 Å². The average molecular weight is 1320 g/mol. The molecule has 0 saturated heterocycles. The number of nitriles is 6. The summed E-state index contributed by atoms with van der Waals surface area (Å²) in [6.45, 7) is 39.4. The lowest BCUT2D eigenvalue weighted by atomic mass is 9.42. The maximum absolute atomic E-state index is 11.8. The Morgan fingerprint density at radius 1 is 0.554 bits per heavy atom. The predicted molar refractivity (Wildman–Crippen MR) is 417 cm³/mol. The van der Waals surface area contributed by atoms with Crippen LogP contribution in [-0.4, -0.2) is 25.1 Å². The Kier molecular flexibility index (Phi) is 86.3. The smallest absolute Gasteiger partial charge is 0.311 e. The van der Waals surface area contributed by atoms with Crippen LogP contribution in [0.3, 0.4) is 0 Å². The van der Waals surface area contributed by atoms with Gasteiger partial charge in [-0.3, -0.25) is 4.79 Å². The van der Waals surface area contributed by atoms with E-state index in [9.17, 15) is 9.18 Å². The monoisotopic (exact) mass is 1320 g/mol. The average Bonchev–Trinajstić information content (AvgIpc) is 3.44. The van der Waals surface area contributed by atoms with Crippen LogP contribution in [0.1, 0.15) is 360 Å². The topological polar surface area (TPSA) is 169 Å². The van der Waals surface area contributed by atoms with Crippen LogP contribution in [0.4, 0.5) is 4.39 Å². The summed E-state index contributed by atoms with van der Waals surface area (Å²) in [5, 5.41) is 50.5. The first kappa shape index (κ1) is 128. The Hall–Kier alpha value is -4.93. The SMILES string of the molecule is C.C.C.C.C.C.C.C.C.C.C.C.C.C.CCC(C)(C#N)CCl.CCC(C)(C#N)CF.CCC(C)(C)C#N.CCC(C)(C)C(=O)OCCC#N.CCC(C)(C)c1ccc(C#N)cc1.CCC(C)CC(C)(C)C12CC3CC(CC(C3)C1)C2.CCC(C)c1ccc(C#N)cc1. The van der Waals surface area contributed by atoms with Crippen LogP contribution in [-0.2, 0) is 14.9 Å². The van der Waals surface area contributed by atoms with Gasteiger partial charge in [0.2, 0.25) is 0 Å². The van der Waals surface area contributed by atoms with Gasteiger partial charge in [0.1, 0.15) is 13.3 Å². The minimum atomic E-state index is -0.736. The predicted octanol–water partition coefficient (Wildman–Crippen LogP) is 28.8. The molecule has 4 aliphatic carbocycles. The number of alkyl halides is 2. The van der Waals surface area contributed by atoms with Crippen molar-refractivity contribution in [3.05, 3.63) is 70.8 Å². The number of carbonyl (C=O) groups excluding carboxylic acids is 1. The highest BCUT2D eigenvalue weighted by Crippen LogP contribution is 2.67. The second-order valence-corrected chi connectivity index (χ2v) is 26.0.